The Balaban J connectivity index is 0.00000924. The number of nitrogens with zero attached hydrogens (tertiary/aromatic N) is 2. The molecule has 1 atom stereocenters. The monoisotopic (exact) mass is 834 g/mol. The standard InChI is InChI=1S/C35H45ClF2N3O.U/c1-10-14-16-27(31-17-18-39-35(40-31)23(5)6)20-32(24(7)12-3)41-25(8)19-33(34(36)26(41)9)42-22-28(15-11-2)30(38)21-29(37)13-4;/h12-13,15-21,35,40H,9-11,14,22H2,1-8H3;/q-1;/b24-12-,27-16-,28-15+,29-13+,30-21+,32-20+;. The van der Waals surface area contributed by atoms with Gasteiger partial charge in [-0.2, -0.15) is 13.8 Å². The molecule has 0 aromatic carbocycles. The second kappa shape index (κ2) is 19.1. The maximum atomic E-state index is 14.7. The van der Waals surface area contributed by atoms with Crippen molar-refractivity contribution in [3.8, 4) is 0 Å². The number of halogens is 3. The second-order valence-electron chi connectivity index (χ2n) is 10.3. The van der Waals surface area contributed by atoms with Crippen LogP contribution >= 0.6 is 11.6 Å². The zero-order valence-corrected chi connectivity index (χ0v) is 31.7. The predicted molar refractivity (Wildman–Crippen MR) is 175 cm³/mol. The van der Waals surface area contributed by atoms with E-state index in [0.29, 0.717) is 22.9 Å². The Bertz CT molecular complexity index is 1320. The van der Waals surface area contributed by atoms with Gasteiger partial charge in [0.25, 0.3) is 0 Å². The topological polar surface area (TPSA) is 36.9 Å². The molecule has 0 saturated carbocycles. The van der Waals surface area contributed by atoms with Crippen LogP contribution in [0, 0.1) is 37.0 Å². The Morgan fingerprint density at radius 2 is 1.88 bits per heavy atom. The molecule has 0 aliphatic carbocycles. The minimum Gasteiger partial charge on any atom is -0.487 e. The van der Waals surface area contributed by atoms with Crippen molar-refractivity contribution in [2.45, 2.75) is 80.8 Å². The summed E-state index contributed by atoms with van der Waals surface area (Å²) >= 11 is 6.82. The van der Waals surface area contributed by atoms with Crippen LogP contribution in [0.1, 0.15) is 74.7 Å². The molecule has 0 bridgehead atoms. The fourth-order valence-electron chi connectivity index (χ4n) is 4.24. The summed E-state index contributed by atoms with van der Waals surface area (Å²) in [6.45, 7) is 19.8. The number of hydrogen-bond acceptors (Lipinski definition) is 4. The molecule has 232 valence electrons. The van der Waals surface area contributed by atoms with E-state index in [1.54, 1.807) is 6.08 Å². The maximum absolute atomic E-state index is 14.7. The van der Waals surface area contributed by atoms with Crippen LogP contribution in [0.4, 0.5) is 8.78 Å². The molecular formula is C35H45ClF2N3OU-. The first-order valence-corrected chi connectivity index (χ1v) is 14.8. The smallest absolute Gasteiger partial charge is 0.142 e. The Morgan fingerprint density at radius 1 is 1.19 bits per heavy atom. The third-order valence-corrected chi connectivity index (χ3v) is 7.17. The van der Waals surface area contributed by atoms with Crippen LogP contribution < -0.4 is 5.32 Å². The number of rotatable bonds is 13. The molecule has 0 aromatic rings. The van der Waals surface area contributed by atoms with Crippen LogP contribution in [0.3, 0.4) is 0 Å². The van der Waals surface area contributed by atoms with Gasteiger partial charge in [-0.15, -0.1) is 0 Å². The van der Waals surface area contributed by atoms with E-state index in [0.717, 1.165) is 47.2 Å². The summed E-state index contributed by atoms with van der Waals surface area (Å²) in [6, 6.07) is 0. The zero-order valence-electron chi connectivity index (χ0n) is 26.7. The van der Waals surface area contributed by atoms with Crippen LogP contribution in [0.2, 0.25) is 0 Å². The summed E-state index contributed by atoms with van der Waals surface area (Å²) in [5.74, 6) is 0.212. The van der Waals surface area contributed by atoms with E-state index in [-0.39, 0.29) is 49.5 Å². The molecule has 8 heteroatoms. The minimum atomic E-state index is -0.685. The number of aliphatic imine (C=N–C) groups is 1. The van der Waals surface area contributed by atoms with Crippen molar-refractivity contribution in [2.75, 3.05) is 6.61 Å². The van der Waals surface area contributed by atoms with Gasteiger partial charge in [0.05, 0.1) is 5.70 Å². The summed E-state index contributed by atoms with van der Waals surface area (Å²) < 4.78 is 34.4. The molecule has 1 N–H and O–H groups in total. The van der Waals surface area contributed by atoms with E-state index in [1.165, 1.54) is 18.9 Å². The Kier molecular flexibility index (Phi) is 17.2. The quantitative estimate of drug-likeness (QED) is 0.148. The average Bonchev–Trinajstić information content (AvgIpc) is 2.98. The third kappa shape index (κ3) is 11.0. The van der Waals surface area contributed by atoms with Gasteiger partial charge in [-0.05, 0) is 70.0 Å². The maximum Gasteiger partial charge on any atom is 0.142 e. The molecule has 0 saturated heterocycles. The molecule has 0 amide bonds. The summed E-state index contributed by atoms with van der Waals surface area (Å²) in [7, 11) is 0. The largest absolute Gasteiger partial charge is 0.487 e. The van der Waals surface area contributed by atoms with E-state index in [2.05, 4.69) is 49.8 Å². The number of unbranched alkanes of at least 4 members (excludes halogenated alkanes) is 1. The van der Waals surface area contributed by atoms with E-state index < -0.39 is 11.7 Å². The van der Waals surface area contributed by atoms with Gasteiger partial charge in [0, 0.05) is 72.1 Å². The van der Waals surface area contributed by atoms with Gasteiger partial charge >= 0.3 is 0 Å². The summed E-state index contributed by atoms with van der Waals surface area (Å²) in [6.07, 6.45) is 18.2. The fourth-order valence-corrected chi connectivity index (χ4v) is 4.43. The molecule has 0 spiro atoms. The van der Waals surface area contributed by atoms with Gasteiger partial charge in [-0.1, -0.05) is 62.8 Å². The molecule has 0 aromatic heterocycles. The van der Waals surface area contributed by atoms with Crippen LogP contribution in [0.25, 0.3) is 0 Å². The first-order valence-electron chi connectivity index (χ1n) is 14.4. The van der Waals surface area contributed by atoms with Crippen LogP contribution in [-0.2, 0) is 4.74 Å². The molecule has 0 fully saturated rings. The Hall–Kier alpha value is -2.33. The number of hydrogen-bond donors (Lipinski definition) is 1. The third-order valence-electron chi connectivity index (χ3n) is 6.76. The summed E-state index contributed by atoms with van der Waals surface area (Å²) in [5, 5.41) is 3.86. The van der Waals surface area contributed by atoms with Crippen molar-refractivity contribution in [1.82, 2.24) is 10.2 Å². The molecule has 2 rings (SSSR count). The number of ether oxygens (including phenoxy) is 1. The Morgan fingerprint density at radius 3 is 2.47 bits per heavy atom. The van der Waals surface area contributed by atoms with Crippen molar-refractivity contribution in [3.63, 3.8) is 0 Å². The first-order chi connectivity index (χ1) is 20.0. The molecular weight excluding hydrogens is 790 g/mol. The molecule has 1 unspecified atom stereocenters. The van der Waals surface area contributed by atoms with Gasteiger partial charge in [0.1, 0.15) is 29.1 Å². The van der Waals surface area contributed by atoms with E-state index in [1.807, 2.05) is 57.0 Å². The van der Waals surface area contributed by atoms with Gasteiger partial charge in [0.15, 0.2) is 0 Å². The number of allylic oxidation sites excluding steroid dienone is 12. The van der Waals surface area contributed by atoms with Crippen LogP contribution in [0.5, 0.6) is 0 Å². The van der Waals surface area contributed by atoms with Gasteiger partial charge in [-0.25, -0.2) is 8.78 Å². The molecule has 4 nitrogen and oxygen atoms in total. The van der Waals surface area contributed by atoms with E-state index in [9.17, 15) is 8.78 Å². The van der Waals surface area contributed by atoms with Crippen molar-refractivity contribution < 1.29 is 44.6 Å². The molecule has 2 heterocycles. The van der Waals surface area contributed by atoms with Crippen molar-refractivity contribution >= 4 is 17.8 Å². The van der Waals surface area contributed by atoms with Crippen molar-refractivity contribution in [2.24, 2.45) is 4.99 Å². The SMILES string of the molecule is C=C1C(Cl)=C(OCC(=C\CC)/C(F)=C\C(F)=C/C)C=C(C)N1C(=C/C(=C/CCC)C1=CC=NC([C-](C)C)N1)/C(C)=C\C.[U]. The minimum absolute atomic E-state index is 0. The zero-order chi connectivity index (χ0) is 31.4. The first kappa shape index (κ1) is 38.7. The van der Waals surface area contributed by atoms with Gasteiger partial charge in [-0.3, -0.25) is 5.92 Å². The van der Waals surface area contributed by atoms with Crippen molar-refractivity contribution in [1.29, 1.82) is 0 Å². The average molecular weight is 835 g/mol. The van der Waals surface area contributed by atoms with E-state index >= 15 is 0 Å². The predicted octanol–water partition coefficient (Wildman–Crippen LogP) is 10.3. The molecule has 2 aliphatic rings. The molecule has 43 heavy (non-hydrogen) atoms. The van der Waals surface area contributed by atoms with Gasteiger partial charge in [0.2, 0.25) is 0 Å². The van der Waals surface area contributed by atoms with Crippen molar-refractivity contribution in [3.05, 3.63) is 123 Å². The summed E-state index contributed by atoms with van der Waals surface area (Å²) in [4.78, 5) is 6.54. The van der Waals surface area contributed by atoms with Crippen LogP contribution in [-0.4, -0.2) is 23.9 Å². The number of nitrogens with one attached hydrogen (secondary N) is 1. The molecule has 2 aliphatic heterocycles. The Labute approximate surface area is 286 Å². The van der Waals surface area contributed by atoms with Crippen LogP contribution in [0.15, 0.2) is 122 Å². The van der Waals surface area contributed by atoms with E-state index in [4.69, 9.17) is 16.3 Å². The fraction of sp³-hybridized carbons (Fsp3) is 0.371. The van der Waals surface area contributed by atoms with Gasteiger partial charge < -0.3 is 19.9 Å². The normalized spacial score (nSPS) is 19.4. The molecule has 0 radical (unpaired) electrons. The second-order valence-corrected chi connectivity index (χ2v) is 10.7. The summed E-state index contributed by atoms with van der Waals surface area (Å²) in [5.41, 5.74) is 5.59.